The molecule has 1 N–H and O–H groups in total. The maximum Gasteiger partial charge on any atom is 0.416 e. The van der Waals surface area contributed by atoms with E-state index < -0.39 is 17.2 Å². The minimum absolute atomic E-state index is 0.0318. The minimum Gasteiger partial charge on any atom is -0.316 e. The molecule has 0 amide bonds. The summed E-state index contributed by atoms with van der Waals surface area (Å²) in [5.74, 6) is 0.0318. The summed E-state index contributed by atoms with van der Waals surface area (Å²) >= 11 is 0. The first-order valence-corrected chi connectivity index (χ1v) is 6.77. The number of Topliss-reactive ketones (excluding diaryl/α,β-unsaturated/α-hetero) is 1. The second-order valence-corrected chi connectivity index (χ2v) is 5.36. The summed E-state index contributed by atoms with van der Waals surface area (Å²) in [4.78, 5) is 12.4. The fourth-order valence-electron chi connectivity index (χ4n) is 2.71. The van der Waals surface area contributed by atoms with Crippen LogP contribution >= 0.6 is 0 Å². The van der Waals surface area contributed by atoms with Crippen molar-refractivity contribution in [2.45, 2.75) is 32.4 Å². The average Bonchev–Trinajstić information content (AvgIpc) is 2.88. The molecule has 2 nitrogen and oxygen atoms in total. The van der Waals surface area contributed by atoms with Crippen molar-refractivity contribution in [2.24, 2.45) is 5.41 Å². The molecule has 1 unspecified atom stereocenters. The van der Waals surface area contributed by atoms with Crippen molar-refractivity contribution >= 4 is 5.78 Å². The number of halogens is 3. The Bertz CT molecular complexity index is 490. The number of rotatable bonds is 4. The van der Waals surface area contributed by atoms with Crippen LogP contribution in [0.4, 0.5) is 13.2 Å². The molecule has 1 heterocycles. The zero-order valence-corrected chi connectivity index (χ0v) is 11.4. The SMILES string of the molecule is CCC1(C(=O)Cc2cccc(C(F)(F)F)c2)CCNC1. The van der Waals surface area contributed by atoms with Gasteiger partial charge in [0.1, 0.15) is 5.78 Å². The van der Waals surface area contributed by atoms with Gasteiger partial charge in [-0.25, -0.2) is 0 Å². The standard InChI is InChI=1S/C15H18F3NO/c1-2-14(6-7-19-10-14)13(20)9-11-4-3-5-12(8-11)15(16,17)18/h3-5,8,19H,2,6-7,9-10H2,1H3. The van der Waals surface area contributed by atoms with E-state index in [1.54, 1.807) is 6.07 Å². The monoisotopic (exact) mass is 285 g/mol. The van der Waals surface area contributed by atoms with E-state index in [2.05, 4.69) is 5.32 Å². The molecule has 20 heavy (non-hydrogen) atoms. The van der Waals surface area contributed by atoms with Gasteiger partial charge in [-0.05, 0) is 31.0 Å². The van der Waals surface area contributed by atoms with Crippen LogP contribution in [0.3, 0.4) is 0 Å². The van der Waals surface area contributed by atoms with E-state index in [1.807, 2.05) is 6.92 Å². The van der Waals surface area contributed by atoms with Crippen LogP contribution in [0.25, 0.3) is 0 Å². The highest BCUT2D eigenvalue weighted by atomic mass is 19.4. The summed E-state index contributed by atoms with van der Waals surface area (Å²) < 4.78 is 38.0. The summed E-state index contributed by atoms with van der Waals surface area (Å²) in [5, 5.41) is 3.17. The second-order valence-electron chi connectivity index (χ2n) is 5.36. The minimum atomic E-state index is -4.36. The first-order chi connectivity index (χ1) is 9.37. The van der Waals surface area contributed by atoms with Crippen LogP contribution in [0.5, 0.6) is 0 Å². The highest BCUT2D eigenvalue weighted by Crippen LogP contribution is 2.33. The van der Waals surface area contributed by atoms with Gasteiger partial charge in [0.15, 0.2) is 0 Å². The first-order valence-electron chi connectivity index (χ1n) is 6.77. The van der Waals surface area contributed by atoms with Gasteiger partial charge in [0.25, 0.3) is 0 Å². The fraction of sp³-hybridized carbons (Fsp3) is 0.533. The molecule has 0 radical (unpaired) electrons. The van der Waals surface area contributed by atoms with E-state index in [9.17, 15) is 18.0 Å². The predicted octanol–water partition coefficient (Wildman–Crippen LogP) is 3.21. The maximum atomic E-state index is 12.7. The van der Waals surface area contributed by atoms with Crippen molar-refractivity contribution in [2.75, 3.05) is 13.1 Å². The highest BCUT2D eigenvalue weighted by molar-refractivity contribution is 5.87. The fourth-order valence-corrected chi connectivity index (χ4v) is 2.71. The van der Waals surface area contributed by atoms with Crippen molar-refractivity contribution in [3.8, 4) is 0 Å². The smallest absolute Gasteiger partial charge is 0.316 e. The Morgan fingerprint density at radius 2 is 2.15 bits per heavy atom. The van der Waals surface area contributed by atoms with Gasteiger partial charge in [0, 0.05) is 18.4 Å². The zero-order valence-electron chi connectivity index (χ0n) is 11.4. The molecular weight excluding hydrogens is 267 g/mol. The Labute approximate surface area is 116 Å². The van der Waals surface area contributed by atoms with Crippen LogP contribution in [0.1, 0.15) is 30.9 Å². The summed E-state index contributed by atoms with van der Waals surface area (Å²) in [6.45, 7) is 3.38. The first kappa shape index (κ1) is 15.0. The predicted molar refractivity (Wildman–Crippen MR) is 70.4 cm³/mol. The average molecular weight is 285 g/mol. The van der Waals surface area contributed by atoms with E-state index in [0.717, 1.165) is 31.5 Å². The number of alkyl halides is 3. The lowest BCUT2D eigenvalue weighted by Gasteiger charge is -2.25. The van der Waals surface area contributed by atoms with Gasteiger partial charge in [-0.2, -0.15) is 13.2 Å². The van der Waals surface area contributed by atoms with Crippen LogP contribution < -0.4 is 5.32 Å². The van der Waals surface area contributed by atoms with Crippen molar-refractivity contribution in [3.63, 3.8) is 0 Å². The summed E-state index contributed by atoms with van der Waals surface area (Å²) in [6, 6.07) is 5.04. The Morgan fingerprint density at radius 1 is 1.40 bits per heavy atom. The van der Waals surface area contributed by atoms with Crippen molar-refractivity contribution < 1.29 is 18.0 Å². The number of hydrogen-bond acceptors (Lipinski definition) is 2. The molecule has 0 bridgehead atoms. The number of hydrogen-bond donors (Lipinski definition) is 1. The molecule has 1 aliphatic heterocycles. The highest BCUT2D eigenvalue weighted by Gasteiger charge is 2.39. The lowest BCUT2D eigenvalue weighted by Crippen LogP contribution is -2.34. The number of carbonyl (C=O) groups is 1. The van der Waals surface area contributed by atoms with Crippen LogP contribution in [0.15, 0.2) is 24.3 Å². The quantitative estimate of drug-likeness (QED) is 0.920. The van der Waals surface area contributed by atoms with Gasteiger partial charge in [-0.15, -0.1) is 0 Å². The topological polar surface area (TPSA) is 29.1 Å². The third-order valence-electron chi connectivity index (χ3n) is 4.13. The van der Waals surface area contributed by atoms with Crippen LogP contribution in [0.2, 0.25) is 0 Å². The Kier molecular flexibility index (Phi) is 4.18. The molecule has 0 aliphatic carbocycles. The molecule has 2 rings (SSSR count). The number of benzene rings is 1. The molecule has 1 aromatic rings. The third kappa shape index (κ3) is 3.03. The summed E-state index contributed by atoms with van der Waals surface area (Å²) in [7, 11) is 0. The maximum absolute atomic E-state index is 12.7. The normalized spacial score (nSPS) is 23.0. The van der Waals surface area contributed by atoms with Gasteiger partial charge in [-0.1, -0.05) is 25.1 Å². The lowest BCUT2D eigenvalue weighted by molar-refractivity contribution is -0.137. The molecular formula is C15H18F3NO. The van der Waals surface area contributed by atoms with E-state index >= 15 is 0 Å². The third-order valence-corrected chi connectivity index (χ3v) is 4.13. The molecule has 1 fully saturated rings. The molecule has 110 valence electrons. The molecule has 1 saturated heterocycles. The molecule has 1 aliphatic rings. The van der Waals surface area contributed by atoms with Gasteiger partial charge in [-0.3, -0.25) is 4.79 Å². The molecule has 1 aromatic carbocycles. The van der Waals surface area contributed by atoms with Crippen LogP contribution in [-0.4, -0.2) is 18.9 Å². The number of carbonyl (C=O) groups excluding carboxylic acids is 1. The second kappa shape index (κ2) is 5.56. The lowest BCUT2D eigenvalue weighted by atomic mass is 9.78. The van der Waals surface area contributed by atoms with E-state index in [0.29, 0.717) is 12.1 Å². The number of ketones is 1. The largest absolute Gasteiger partial charge is 0.416 e. The molecule has 0 spiro atoms. The Balaban J connectivity index is 2.16. The van der Waals surface area contributed by atoms with E-state index in [-0.39, 0.29) is 12.2 Å². The Hall–Kier alpha value is -1.36. The van der Waals surface area contributed by atoms with Crippen molar-refractivity contribution in [1.82, 2.24) is 5.32 Å². The Morgan fingerprint density at radius 3 is 2.70 bits per heavy atom. The van der Waals surface area contributed by atoms with Crippen LogP contribution in [0, 0.1) is 5.41 Å². The van der Waals surface area contributed by atoms with Gasteiger partial charge in [0.05, 0.1) is 5.56 Å². The zero-order chi connectivity index (χ0) is 14.8. The van der Waals surface area contributed by atoms with Crippen molar-refractivity contribution in [3.05, 3.63) is 35.4 Å². The summed E-state index contributed by atoms with van der Waals surface area (Å²) in [5.41, 5.74) is -0.670. The van der Waals surface area contributed by atoms with Crippen molar-refractivity contribution in [1.29, 1.82) is 0 Å². The molecule has 5 heteroatoms. The summed E-state index contributed by atoms with van der Waals surface area (Å²) in [6.07, 6.45) is -2.81. The molecule has 0 aromatic heterocycles. The van der Waals surface area contributed by atoms with Gasteiger partial charge >= 0.3 is 6.18 Å². The molecule has 1 atom stereocenters. The van der Waals surface area contributed by atoms with Crippen LogP contribution in [-0.2, 0) is 17.4 Å². The molecule has 0 saturated carbocycles. The van der Waals surface area contributed by atoms with E-state index in [4.69, 9.17) is 0 Å². The number of nitrogens with one attached hydrogen (secondary N) is 1. The van der Waals surface area contributed by atoms with Gasteiger partial charge in [0.2, 0.25) is 0 Å². The van der Waals surface area contributed by atoms with Gasteiger partial charge < -0.3 is 5.32 Å². The van der Waals surface area contributed by atoms with E-state index in [1.165, 1.54) is 6.07 Å².